The monoisotopic (exact) mass is 428 g/mol. The summed E-state index contributed by atoms with van der Waals surface area (Å²) in [5, 5.41) is 4.18. The highest BCUT2D eigenvalue weighted by molar-refractivity contribution is 7.95. The van der Waals surface area contributed by atoms with E-state index in [4.69, 9.17) is 0 Å². The number of halogens is 2. The molecule has 3 aromatic carbocycles. The van der Waals surface area contributed by atoms with E-state index in [0.717, 1.165) is 12.0 Å². The van der Waals surface area contributed by atoms with Crippen LogP contribution in [0.2, 0.25) is 0 Å². The van der Waals surface area contributed by atoms with Crippen molar-refractivity contribution in [3.8, 4) is 0 Å². The van der Waals surface area contributed by atoms with Gasteiger partial charge in [-0.25, -0.2) is 4.98 Å². The summed E-state index contributed by atoms with van der Waals surface area (Å²) in [6.07, 6.45) is 2.92. The van der Waals surface area contributed by atoms with Crippen LogP contribution in [0.25, 0.3) is 0 Å². The zero-order chi connectivity index (χ0) is 17.8. The zero-order valence-electron chi connectivity index (χ0n) is 15.6. The highest BCUT2D eigenvalue weighted by Gasteiger charge is 2.45. The fraction of sp³-hybridized carbons (Fsp3) is 0.0870. The number of rotatable bonds is 5. The second-order valence-corrected chi connectivity index (χ2v) is 9.95. The standard InChI is InChI=1S/C23H22N2P.2ClH/c1-19-24-17-20(25-19)18-26(21-11-5-2-6-12-21,22-13-7-3-8-14-22)23-15-9-4-10-16-23;;/h2-17H,18H2,1H3,(H,24,25);2*1H/q+1;;/p-1. The number of aromatic amines is 1. The van der Waals surface area contributed by atoms with E-state index in [0.29, 0.717) is 0 Å². The molecule has 1 heterocycles. The van der Waals surface area contributed by atoms with E-state index in [1.54, 1.807) is 0 Å². The van der Waals surface area contributed by atoms with Crippen LogP contribution in [-0.4, -0.2) is 9.97 Å². The lowest BCUT2D eigenvalue weighted by Gasteiger charge is -2.27. The van der Waals surface area contributed by atoms with Crippen LogP contribution >= 0.6 is 19.7 Å². The number of aromatic nitrogens is 2. The Morgan fingerprint density at radius 2 is 1.11 bits per heavy atom. The van der Waals surface area contributed by atoms with E-state index in [2.05, 4.69) is 101 Å². The van der Waals surface area contributed by atoms with Crippen molar-refractivity contribution < 1.29 is 12.4 Å². The van der Waals surface area contributed by atoms with Gasteiger partial charge in [0, 0.05) is 0 Å². The highest BCUT2D eigenvalue weighted by Crippen LogP contribution is 2.57. The Morgan fingerprint density at radius 1 is 0.714 bits per heavy atom. The van der Waals surface area contributed by atoms with Gasteiger partial charge in [0.1, 0.15) is 35.2 Å². The molecule has 0 atom stereocenters. The predicted molar refractivity (Wildman–Crippen MR) is 119 cm³/mol. The molecule has 0 radical (unpaired) electrons. The number of imidazole rings is 1. The first-order valence-corrected chi connectivity index (χ1v) is 10.8. The largest absolute Gasteiger partial charge is 1.00 e. The van der Waals surface area contributed by atoms with E-state index < -0.39 is 7.26 Å². The van der Waals surface area contributed by atoms with E-state index >= 15 is 0 Å². The van der Waals surface area contributed by atoms with Crippen molar-refractivity contribution in [3.05, 3.63) is 109 Å². The van der Waals surface area contributed by atoms with Gasteiger partial charge in [-0.2, -0.15) is 0 Å². The number of nitrogens with zero attached hydrogens (tertiary/aromatic N) is 1. The first kappa shape index (κ1) is 22.2. The van der Waals surface area contributed by atoms with Crippen molar-refractivity contribution in [1.82, 2.24) is 9.97 Å². The van der Waals surface area contributed by atoms with Gasteiger partial charge in [-0.3, -0.25) is 0 Å². The molecule has 5 heteroatoms. The molecule has 0 saturated heterocycles. The lowest BCUT2D eigenvalue weighted by molar-refractivity contribution is -0.00000554. The van der Waals surface area contributed by atoms with Gasteiger partial charge in [-0.05, 0) is 43.3 Å². The number of aryl methyl sites for hydroxylation is 1. The lowest BCUT2D eigenvalue weighted by atomic mass is 10.4. The van der Waals surface area contributed by atoms with Crippen molar-refractivity contribution in [3.63, 3.8) is 0 Å². The lowest BCUT2D eigenvalue weighted by Crippen LogP contribution is -3.00. The second kappa shape index (κ2) is 9.89. The molecule has 0 saturated carbocycles. The SMILES string of the molecule is Cc1ncc(C[P+](c2ccccc2)(c2ccccc2)c2ccccc2)[nH]1.Cl.[Cl-]. The van der Waals surface area contributed by atoms with Crippen LogP contribution < -0.4 is 28.3 Å². The Morgan fingerprint density at radius 3 is 1.43 bits per heavy atom. The van der Waals surface area contributed by atoms with Gasteiger partial charge < -0.3 is 17.4 Å². The van der Waals surface area contributed by atoms with Crippen molar-refractivity contribution in [2.75, 3.05) is 0 Å². The number of nitrogens with one attached hydrogen (secondary N) is 1. The third kappa shape index (κ3) is 4.31. The maximum Gasteiger partial charge on any atom is 0.118 e. The molecule has 0 fully saturated rings. The molecule has 0 amide bonds. The molecule has 0 aliphatic heterocycles. The molecule has 0 bridgehead atoms. The molecule has 0 unspecified atom stereocenters. The van der Waals surface area contributed by atoms with Crippen molar-refractivity contribution >= 4 is 35.6 Å². The molecule has 0 aliphatic carbocycles. The minimum Gasteiger partial charge on any atom is -1.00 e. The molecule has 28 heavy (non-hydrogen) atoms. The molecular formula is C23H23Cl2N2P. The fourth-order valence-electron chi connectivity index (χ4n) is 3.58. The maximum absolute atomic E-state index is 4.44. The smallest absolute Gasteiger partial charge is 0.118 e. The summed E-state index contributed by atoms with van der Waals surface area (Å²) in [6.45, 7) is 2.01. The number of hydrogen-bond donors (Lipinski definition) is 1. The van der Waals surface area contributed by atoms with Crippen LogP contribution in [0.1, 0.15) is 11.5 Å². The van der Waals surface area contributed by atoms with Gasteiger partial charge in [0.05, 0.1) is 11.9 Å². The average Bonchev–Trinajstić information content (AvgIpc) is 3.13. The summed E-state index contributed by atoms with van der Waals surface area (Å²) in [5.41, 5.74) is 1.19. The summed E-state index contributed by atoms with van der Waals surface area (Å²) < 4.78 is 0. The van der Waals surface area contributed by atoms with Crippen LogP contribution in [0.4, 0.5) is 0 Å². The summed E-state index contributed by atoms with van der Waals surface area (Å²) in [7, 11) is -1.83. The number of hydrogen-bond acceptors (Lipinski definition) is 1. The molecule has 0 spiro atoms. The zero-order valence-corrected chi connectivity index (χ0v) is 18.1. The van der Waals surface area contributed by atoms with Crippen molar-refractivity contribution in [2.45, 2.75) is 13.1 Å². The fourth-order valence-corrected chi connectivity index (χ4v) is 7.73. The first-order chi connectivity index (χ1) is 12.8. The van der Waals surface area contributed by atoms with E-state index in [9.17, 15) is 0 Å². The predicted octanol–water partition coefficient (Wildman–Crippen LogP) is 1.64. The molecule has 144 valence electrons. The Kier molecular flexibility index (Phi) is 7.83. The molecule has 4 aromatic rings. The van der Waals surface area contributed by atoms with Gasteiger partial charge in [0.25, 0.3) is 0 Å². The molecule has 1 aromatic heterocycles. The van der Waals surface area contributed by atoms with Gasteiger partial charge >= 0.3 is 0 Å². The molecular weight excluding hydrogens is 406 g/mol. The van der Waals surface area contributed by atoms with Crippen LogP contribution in [-0.2, 0) is 6.16 Å². The van der Waals surface area contributed by atoms with Crippen molar-refractivity contribution in [2.24, 2.45) is 0 Å². The highest BCUT2D eigenvalue weighted by atomic mass is 35.5. The summed E-state index contributed by atoms with van der Waals surface area (Å²) >= 11 is 0. The van der Waals surface area contributed by atoms with Crippen LogP contribution in [0.15, 0.2) is 97.2 Å². The number of benzene rings is 3. The Hall–Kier alpha value is -2.12. The van der Waals surface area contributed by atoms with Crippen LogP contribution in [0.3, 0.4) is 0 Å². The van der Waals surface area contributed by atoms with E-state index in [-0.39, 0.29) is 24.8 Å². The third-order valence-corrected chi connectivity index (χ3v) is 9.11. The van der Waals surface area contributed by atoms with Gasteiger partial charge in [0.15, 0.2) is 0 Å². The first-order valence-electron chi connectivity index (χ1n) is 8.84. The topological polar surface area (TPSA) is 28.7 Å². The molecule has 1 N–H and O–H groups in total. The van der Waals surface area contributed by atoms with Gasteiger partial charge in [-0.1, -0.05) is 54.6 Å². The molecule has 0 aliphatic rings. The molecule has 4 rings (SSSR count). The Labute approximate surface area is 179 Å². The summed E-state index contributed by atoms with van der Waals surface area (Å²) in [4.78, 5) is 7.90. The van der Waals surface area contributed by atoms with Gasteiger partial charge in [-0.15, -0.1) is 12.4 Å². The minimum atomic E-state index is -1.83. The van der Waals surface area contributed by atoms with E-state index in [1.165, 1.54) is 21.6 Å². The summed E-state index contributed by atoms with van der Waals surface area (Å²) in [5.74, 6) is 0.965. The summed E-state index contributed by atoms with van der Waals surface area (Å²) in [6, 6.07) is 32.8. The number of H-pyrrole nitrogens is 1. The van der Waals surface area contributed by atoms with Crippen LogP contribution in [0, 0.1) is 6.92 Å². The van der Waals surface area contributed by atoms with Crippen LogP contribution in [0.5, 0.6) is 0 Å². The molecule has 2 nitrogen and oxygen atoms in total. The van der Waals surface area contributed by atoms with Gasteiger partial charge in [0.2, 0.25) is 0 Å². The average molecular weight is 429 g/mol. The Bertz CT molecular complexity index is 877. The van der Waals surface area contributed by atoms with Crippen molar-refractivity contribution in [1.29, 1.82) is 0 Å². The normalized spacial score (nSPS) is 10.6. The maximum atomic E-state index is 4.44. The quantitative estimate of drug-likeness (QED) is 0.481. The minimum absolute atomic E-state index is 0. The second-order valence-electron chi connectivity index (χ2n) is 6.47. The third-order valence-electron chi connectivity index (χ3n) is 4.75. The van der Waals surface area contributed by atoms with E-state index in [1.807, 2.05) is 13.1 Å². The Balaban J connectivity index is 0.00000140.